The van der Waals surface area contributed by atoms with Crippen LogP contribution in [0.2, 0.25) is 5.02 Å². The first-order valence-electron chi connectivity index (χ1n) is 5.01. The molecule has 0 heterocycles. The Hall–Kier alpha value is -0.531. The maximum absolute atomic E-state index is 8.47. The van der Waals surface area contributed by atoms with Gasteiger partial charge in [0.05, 0.1) is 0 Å². The topological polar surface area (TPSA) is 20.2 Å². The van der Waals surface area contributed by atoms with Crippen molar-refractivity contribution in [3.05, 3.63) is 59.1 Å². The van der Waals surface area contributed by atoms with Gasteiger partial charge in [-0.1, -0.05) is 5.02 Å². The van der Waals surface area contributed by atoms with E-state index in [1.165, 1.54) is 5.56 Å². The Balaban J connectivity index is 0.000000283. The van der Waals surface area contributed by atoms with Crippen LogP contribution in [0.3, 0.4) is 0 Å². The molecule has 3 heteroatoms. The monoisotopic (exact) mass is 278 g/mol. The molecule has 1 N–H and O–H groups in total. The molecule has 16 heavy (non-hydrogen) atoms. The molecule has 0 aliphatic rings. The van der Waals surface area contributed by atoms with E-state index in [1.807, 2.05) is 36.4 Å². The van der Waals surface area contributed by atoms with Crippen LogP contribution in [0.5, 0.6) is 0 Å². The Morgan fingerprint density at radius 1 is 1.12 bits per heavy atom. The molecular formula is C13H15ClFeO. The Morgan fingerprint density at radius 3 is 2.19 bits per heavy atom. The number of aryl methyl sites for hydroxylation is 1. The van der Waals surface area contributed by atoms with Gasteiger partial charge in [0.15, 0.2) is 0 Å². The van der Waals surface area contributed by atoms with Crippen molar-refractivity contribution in [2.45, 2.75) is 12.8 Å². The first-order chi connectivity index (χ1) is 7.33. The summed E-state index contributed by atoms with van der Waals surface area (Å²) in [6.45, 7) is 0.297. The van der Waals surface area contributed by atoms with E-state index in [-0.39, 0.29) is 17.1 Å². The largest absolute Gasteiger partial charge is 2.00 e. The van der Waals surface area contributed by atoms with Crippen molar-refractivity contribution < 1.29 is 22.2 Å². The molecule has 2 aromatic rings. The summed E-state index contributed by atoms with van der Waals surface area (Å²) in [5.74, 6) is 0. The molecule has 2 aromatic carbocycles. The Bertz CT molecular complexity index is 327. The fourth-order valence-electron chi connectivity index (χ4n) is 1.21. The molecule has 1 nitrogen and oxygen atoms in total. The number of aliphatic hydroxyl groups is 1. The normalized spacial score (nSPS) is 8.88. The third-order valence-electron chi connectivity index (χ3n) is 1.98. The van der Waals surface area contributed by atoms with Crippen LogP contribution in [0.15, 0.2) is 48.5 Å². The van der Waals surface area contributed by atoms with Gasteiger partial charge < -0.3 is 5.11 Å². The van der Waals surface area contributed by atoms with E-state index >= 15 is 0 Å². The summed E-state index contributed by atoms with van der Waals surface area (Å²) >= 11 is 5.46. The van der Waals surface area contributed by atoms with E-state index in [1.54, 1.807) is 0 Å². The molecule has 0 atom stereocenters. The third kappa shape index (κ3) is 6.86. The van der Waals surface area contributed by atoms with Gasteiger partial charge in [-0.15, -0.1) is 11.6 Å². The molecule has 0 aromatic heterocycles. The second kappa shape index (κ2) is 9.68. The Kier molecular flexibility index (Phi) is 9.36. The van der Waals surface area contributed by atoms with Crippen LogP contribution in [0.4, 0.5) is 0 Å². The zero-order valence-electron chi connectivity index (χ0n) is 8.92. The predicted octanol–water partition coefficient (Wildman–Crippen LogP) is 3.39. The van der Waals surface area contributed by atoms with Gasteiger partial charge in [0.1, 0.15) is 0 Å². The van der Waals surface area contributed by atoms with Crippen molar-refractivity contribution in [2.24, 2.45) is 0 Å². The maximum Gasteiger partial charge on any atom is 2.00 e. The number of hydrogen-bond acceptors (Lipinski definition) is 1. The first-order valence-corrected chi connectivity index (χ1v) is 5.39. The minimum Gasteiger partial charge on any atom is -0.396 e. The summed E-state index contributed by atoms with van der Waals surface area (Å²) in [7, 11) is 0. The summed E-state index contributed by atoms with van der Waals surface area (Å²) < 4.78 is 0. The van der Waals surface area contributed by atoms with Crippen molar-refractivity contribution in [1.29, 1.82) is 0 Å². The van der Waals surface area contributed by atoms with E-state index in [0.29, 0.717) is 6.61 Å². The van der Waals surface area contributed by atoms with Crippen molar-refractivity contribution in [3.63, 3.8) is 0 Å². The molecular weight excluding hydrogens is 263 g/mol. The number of halogens is 1. The molecule has 0 saturated heterocycles. The molecule has 0 aliphatic carbocycles. The smallest absolute Gasteiger partial charge is 0.396 e. The standard InChI is InChI=1S/C8H11O.C5H4Cl.Fe/c9-7-3-6-8-4-1-2-5-8;6-5-3-1-2-4-5;/h1-2,4-5,9H,3,6-7H2;1-4H;/q2*-1;+2. The van der Waals surface area contributed by atoms with Crippen LogP contribution in [0, 0.1) is 0 Å². The summed E-state index contributed by atoms with van der Waals surface area (Å²) in [6, 6.07) is 15.7. The van der Waals surface area contributed by atoms with Gasteiger partial charge in [-0.05, 0) is 12.8 Å². The summed E-state index contributed by atoms with van der Waals surface area (Å²) in [6.07, 6.45) is 1.88. The zero-order chi connectivity index (χ0) is 10.9. The summed E-state index contributed by atoms with van der Waals surface area (Å²) in [5.41, 5.74) is 1.32. The van der Waals surface area contributed by atoms with Gasteiger partial charge in [-0.2, -0.15) is 35.9 Å². The van der Waals surface area contributed by atoms with Crippen molar-refractivity contribution in [2.75, 3.05) is 6.61 Å². The quantitative estimate of drug-likeness (QED) is 0.674. The second-order valence-corrected chi connectivity index (χ2v) is 3.66. The average Bonchev–Trinajstić information content (AvgIpc) is 2.88. The van der Waals surface area contributed by atoms with Crippen molar-refractivity contribution in [1.82, 2.24) is 0 Å². The summed E-state index contributed by atoms with van der Waals surface area (Å²) in [5, 5.41) is 9.28. The molecule has 0 amide bonds. The van der Waals surface area contributed by atoms with Crippen LogP contribution >= 0.6 is 11.6 Å². The van der Waals surface area contributed by atoms with Crippen LogP contribution in [-0.4, -0.2) is 11.7 Å². The molecule has 0 spiro atoms. The molecule has 88 valence electrons. The van der Waals surface area contributed by atoms with Gasteiger partial charge in [0.25, 0.3) is 0 Å². The van der Waals surface area contributed by atoms with Crippen LogP contribution in [0.1, 0.15) is 12.0 Å². The number of rotatable bonds is 3. The molecule has 0 unspecified atom stereocenters. The molecule has 0 radical (unpaired) electrons. The Labute approximate surface area is 112 Å². The fraction of sp³-hybridized carbons (Fsp3) is 0.231. The fourth-order valence-corrected chi connectivity index (χ4v) is 1.36. The van der Waals surface area contributed by atoms with E-state index in [9.17, 15) is 0 Å². The minimum absolute atomic E-state index is 0. The molecule has 2 rings (SSSR count). The van der Waals surface area contributed by atoms with E-state index in [4.69, 9.17) is 16.7 Å². The van der Waals surface area contributed by atoms with Gasteiger partial charge in [0, 0.05) is 6.61 Å². The predicted molar refractivity (Wildman–Crippen MR) is 64.5 cm³/mol. The van der Waals surface area contributed by atoms with Gasteiger partial charge in [0.2, 0.25) is 0 Å². The molecule has 0 fully saturated rings. The van der Waals surface area contributed by atoms with Gasteiger partial charge in [-0.3, -0.25) is 0 Å². The number of aliphatic hydroxyl groups excluding tert-OH is 1. The summed E-state index contributed by atoms with van der Waals surface area (Å²) in [4.78, 5) is 0. The van der Waals surface area contributed by atoms with Crippen molar-refractivity contribution in [3.8, 4) is 0 Å². The van der Waals surface area contributed by atoms with Gasteiger partial charge >= 0.3 is 17.1 Å². The zero-order valence-corrected chi connectivity index (χ0v) is 10.8. The Morgan fingerprint density at radius 2 is 1.81 bits per heavy atom. The first kappa shape index (κ1) is 15.5. The van der Waals surface area contributed by atoms with Gasteiger partial charge in [-0.25, -0.2) is 18.2 Å². The maximum atomic E-state index is 8.47. The van der Waals surface area contributed by atoms with Crippen molar-refractivity contribution >= 4 is 11.6 Å². The molecule has 0 bridgehead atoms. The average molecular weight is 279 g/mol. The molecule has 0 aliphatic heterocycles. The SMILES string of the molecule is Clc1ccc[cH-]1.OCCCc1ccc[cH-]1.[Fe+2]. The van der Waals surface area contributed by atoms with E-state index in [0.717, 1.165) is 17.9 Å². The second-order valence-electron chi connectivity index (χ2n) is 3.22. The van der Waals surface area contributed by atoms with Crippen LogP contribution in [0.25, 0.3) is 0 Å². The third-order valence-corrected chi connectivity index (χ3v) is 2.23. The molecule has 0 saturated carbocycles. The number of hydrogen-bond donors (Lipinski definition) is 1. The van der Waals surface area contributed by atoms with E-state index in [2.05, 4.69) is 12.1 Å². The van der Waals surface area contributed by atoms with Crippen LogP contribution < -0.4 is 0 Å². The van der Waals surface area contributed by atoms with E-state index < -0.39 is 0 Å². The van der Waals surface area contributed by atoms with Crippen LogP contribution in [-0.2, 0) is 23.5 Å². The minimum atomic E-state index is 0.